The van der Waals surface area contributed by atoms with Gasteiger partial charge in [-0.05, 0) is 30.0 Å². The van der Waals surface area contributed by atoms with E-state index in [1.807, 2.05) is 48.5 Å². The van der Waals surface area contributed by atoms with Crippen LogP contribution in [0.2, 0.25) is 0 Å². The van der Waals surface area contributed by atoms with Crippen molar-refractivity contribution in [2.45, 2.75) is 30.7 Å². The minimum absolute atomic E-state index is 0.0182. The van der Waals surface area contributed by atoms with E-state index in [1.165, 1.54) is 4.90 Å². The van der Waals surface area contributed by atoms with Crippen molar-refractivity contribution >= 4 is 23.4 Å². The molecule has 1 saturated heterocycles. The molecule has 2 N–H and O–H groups in total. The Morgan fingerprint density at radius 1 is 1.17 bits per heavy atom. The molecular formula is C23H22N4O3. The Balaban J connectivity index is 1.41. The fourth-order valence-corrected chi connectivity index (χ4v) is 4.31. The molecule has 2 aliphatic rings. The van der Waals surface area contributed by atoms with Crippen LogP contribution >= 0.6 is 0 Å². The third-order valence-corrected chi connectivity index (χ3v) is 5.86. The number of carbonyl (C=O) groups is 3. The summed E-state index contributed by atoms with van der Waals surface area (Å²) in [6.45, 7) is 0.378. The molecule has 3 amide bonds. The fourth-order valence-electron chi connectivity index (χ4n) is 4.31. The van der Waals surface area contributed by atoms with Crippen LogP contribution in [0.25, 0.3) is 0 Å². The molecule has 0 saturated carbocycles. The number of aryl methyl sites for hydroxylation is 1. The molecule has 2 atom stereocenters. The lowest BCUT2D eigenvalue weighted by atomic mass is 9.80. The average Bonchev–Trinajstić information content (AvgIpc) is 3.30. The number of para-hydroxylation sites is 1. The number of anilines is 1. The molecule has 1 fully saturated rings. The van der Waals surface area contributed by atoms with E-state index in [4.69, 9.17) is 0 Å². The minimum Gasteiger partial charge on any atom is -0.348 e. The first-order valence-electron chi connectivity index (χ1n) is 9.98. The van der Waals surface area contributed by atoms with E-state index in [9.17, 15) is 19.6 Å². The Hall–Kier alpha value is -3.66. The maximum Gasteiger partial charge on any atom is 0.312 e. The number of nitriles is 1. The van der Waals surface area contributed by atoms with Crippen LogP contribution in [0.5, 0.6) is 0 Å². The van der Waals surface area contributed by atoms with Crippen LogP contribution in [0.4, 0.5) is 5.69 Å². The third-order valence-electron chi connectivity index (χ3n) is 5.86. The zero-order valence-corrected chi connectivity index (χ0v) is 16.4. The maximum atomic E-state index is 12.8. The summed E-state index contributed by atoms with van der Waals surface area (Å²) in [5.74, 6) is -1.75. The minimum atomic E-state index is -0.986. The van der Waals surface area contributed by atoms with E-state index in [1.54, 1.807) is 6.07 Å². The van der Waals surface area contributed by atoms with Gasteiger partial charge in [0.25, 0.3) is 0 Å². The number of carbonyl (C=O) groups excluding carboxylic acids is 3. The first kappa shape index (κ1) is 19.6. The predicted octanol–water partition coefficient (Wildman–Crippen LogP) is 1.75. The predicted molar refractivity (Wildman–Crippen MR) is 110 cm³/mol. The Bertz CT molecular complexity index is 1030. The van der Waals surface area contributed by atoms with Gasteiger partial charge in [-0.3, -0.25) is 14.4 Å². The van der Waals surface area contributed by atoms with E-state index < -0.39 is 23.3 Å². The maximum absolute atomic E-state index is 12.8. The number of rotatable bonds is 4. The summed E-state index contributed by atoms with van der Waals surface area (Å²) in [6.07, 6.45) is 1.67. The summed E-state index contributed by atoms with van der Waals surface area (Å²) in [7, 11) is 0. The van der Waals surface area contributed by atoms with Crippen molar-refractivity contribution in [3.8, 4) is 6.07 Å². The second-order valence-electron chi connectivity index (χ2n) is 7.71. The molecule has 2 aromatic rings. The highest BCUT2D eigenvalue weighted by Crippen LogP contribution is 2.46. The second-order valence-corrected chi connectivity index (χ2v) is 7.71. The number of hydrogen-bond donors (Lipinski definition) is 2. The van der Waals surface area contributed by atoms with Gasteiger partial charge in [0.15, 0.2) is 0 Å². The molecule has 30 heavy (non-hydrogen) atoms. The zero-order chi connectivity index (χ0) is 21.1. The van der Waals surface area contributed by atoms with Crippen LogP contribution in [0.15, 0.2) is 54.6 Å². The van der Waals surface area contributed by atoms with Crippen molar-refractivity contribution in [2.24, 2.45) is 0 Å². The van der Waals surface area contributed by atoms with Crippen LogP contribution in [0.3, 0.4) is 0 Å². The van der Waals surface area contributed by atoms with Gasteiger partial charge < -0.3 is 15.5 Å². The first-order valence-corrected chi connectivity index (χ1v) is 9.98. The highest BCUT2D eigenvalue weighted by Gasteiger charge is 2.56. The molecule has 2 heterocycles. The van der Waals surface area contributed by atoms with Gasteiger partial charge in [-0.2, -0.15) is 5.26 Å². The molecule has 0 aromatic heterocycles. The molecule has 152 valence electrons. The third kappa shape index (κ3) is 3.41. The molecule has 7 heteroatoms. The molecule has 4 rings (SSSR count). The standard InChI is InChI=1S/C23H22N4O3/c24-14-17-13-23(18-10-4-5-11-19(18)26-22(23)30)15-27(17)21(29)20(28)25-12-6-9-16-7-2-1-3-8-16/h1-5,7-8,10-11,17H,6,9,12-13,15H2,(H,25,28)(H,26,30)/t17-,23-/m0/s1. The van der Waals surface area contributed by atoms with E-state index in [-0.39, 0.29) is 18.9 Å². The van der Waals surface area contributed by atoms with Gasteiger partial charge in [-0.15, -0.1) is 0 Å². The topological polar surface area (TPSA) is 102 Å². The SMILES string of the molecule is N#C[C@@H]1C[C@@]2(CN1C(=O)C(=O)NCCCc1ccccc1)C(=O)Nc1ccccc12. The zero-order valence-electron chi connectivity index (χ0n) is 16.4. The molecule has 0 bridgehead atoms. The van der Waals surface area contributed by atoms with Crippen LogP contribution in [-0.2, 0) is 26.2 Å². The van der Waals surface area contributed by atoms with Crippen molar-refractivity contribution < 1.29 is 14.4 Å². The molecule has 0 unspecified atom stereocenters. The summed E-state index contributed by atoms with van der Waals surface area (Å²) in [4.78, 5) is 39.2. The Kier molecular flexibility index (Phi) is 5.23. The summed E-state index contributed by atoms with van der Waals surface area (Å²) < 4.78 is 0. The molecule has 0 radical (unpaired) electrons. The van der Waals surface area contributed by atoms with Crippen LogP contribution < -0.4 is 10.6 Å². The fraction of sp³-hybridized carbons (Fsp3) is 0.304. The Morgan fingerprint density at radius 2 is 1.90 bits per heavy atom. The molecule has 1 spiro atoms. The lowest BCUT2D eigenvalue weighted by Gasteiger charge is -2.22. The van der Waals surface area contributed by atoms with Crippen LogP contribution in [-0.4, -0.2) is 41.8 Å². The first-order chi connectivity index (χ1) is 14.5. The monoisotopic (exact) mass is 402 g/mol. The number of likely N-dealkylation sites (tertiary alicyclic amines) is 1. The number of nitrogens with one attached hydrogen (secondary N) is 2. The van der Waals surface area contributed by atoms with Gasteiger partial charge in [-0.25, -0.2) is 0 Å². The Morgan fingerprint density at radius 3 is 2.67 bits per heavy atom. The van der Waals surface area contributed by atoms with E-state index >= 15 is 0 Å². The van der Waals surface area contributed by atoms with Crippen molar-refractivity contribution in [1.82, 2.24) is 10.2 Å². The summed E-state index contributed by atoms with van der Waals surface area (Å²) in [5, 5.41) is 15.1. The second kappa shape index (κ2) is 7.99. The van der Waals surface area contributed by atoms with Crippen molar-refractivity contribution in [3.63, 3.8) is 0 Å². The van der Waals surface area contributed by atoms with E-state index in [0.29, 0.717) is 18.7 Å². The highest BCUT2D eigenvalue weighted by molar-refractivity contribution is 6.35. The van der Waals surface area contributed by atoms with Gasteiger partial charge in [-0.1, -0.05) is 48.5 Å². The van der Waals surface area contributed by atoms with Crippen LogP contribution in [0, 0.1) is 11.3 Å². The van der Waals surface area contributed by atoms with Gasteiger partial charge in [0.1, 0.15) is 6.04 Å². The highest BCUT2D eigenvalue weighted by atomic mass is 16.2. The van der Waals surface area contributed by atoms with Gasteiger partial charge >= 0.3 is 11.8 Å². The lowest BCUT2D eigenvalue weighted by molar-refractivity contribution is -0.146. The molecule has 2 aliphatic heterocycles. The average molecular weight is 402 g/mol. The van der Waals surface area contributed by atoms with Crippen molar-refractivity contribution in [1.29, 1.82) is 5.26 Å². The normalized spacial score (nSPS) is 21.8. The number of hydrogen-bond acceptors (Lipinski definition) is 4. The smallest absolute Gasteiger partial charge is 0.312 e. The van der Waals surface area contributed by atoms with E-state index in [0.717, 1.165) is 17.5 Å². The molecule has 0 aliphatic carbocycles. The Labute approximate surface area is 174 Å². The molecule has 7 nitrogen and oxygen atoms in total. The van der Waals surface area contributed by atoms with Gasteiger partial charge in [0, 0.05) is 25.2 Å². The van der Waals surface area contributed by atoms with Crippen molar-refractivity contribution in [3.05, 3.63) is 65.7 Å². The summed E-state index contributed by atoms with van der Waals surface area (Å²) in [6, 6.07) is 18.4. The van der Waals surface area contributed by atoms with Gasteiger partial charge in [0.05, 0.1) is 11.5 Å². The molecular weight excluding hydrogens is 380 g/mol. The van der Waals surface area contributed by atoms with E-state index in [2.05, 4.69) is 16.7 Å². The molecule has 2 aromatic carbocycles. The number of nitrogens with zero attached hydrogens (tertiary/aromatic N) is 2. The quantitative estimate of drug-likeness (QED) is 0.601. The van der Waals surface area contributed by atoms with Crippen LogP contribution in [0.1, 0.15) is 24.0 Å². The number of amides is 3. The van der Waals surface area contributed by atoms with Gasteiger partial charge in [0.2, 0.25) is 5.91 Å². The largest absolute Gasteiger partial charge is 0.348 e. The van der Waals surface area contributed by atoms with Crippen molar-refractivity contribution in [2.75, 3.05) is 18.4 Å². The summed E-state index contributed by atoms with van der Waals surface area (Å²) in [5.41, 5.74) is 1.64. The summed E-state index contributed by atoms with van der Waals surface area (Å²) >= 11 is 0. The number of benzene rings is 2. The lowest BCUT2D eigenvalue weighted by Crippen LogP contribution is -2.46. The number of fused-ring (bicyclic) bond motifs is 2.